The summed E-state index contributed by atoms with van der Waals surface area (Å²) in [6.45, 7) is 11.7. The molecule has 2 nitrogen and oxygen atoms in total. The predicted octanol–water partition coefficient (Wildman–Crippen LogP) is 3.20. The van der Waals surface area contributed by atoms with Gasteiger partial charge in [-0.3, -0.25) is 9.59 Å². The predicted molar refractivity (Wildman–Crippen MR) is 66.2 cm³/mol. The summed E-state index contributed by atoms with van der Waals surface area (Å²) < 4.78 is 0. The molecule has 1 rings (SSSR count). The number of carbonyl (C=O) groups excluding carboxylic acids is 2. The van der Waals surface area contributed by atoms with Crippen LogP contribution in [0.3, 0.4) is 0 Å². The minimum absolute atomic E-state index is 0. The fraction of sp³-hybridized carbons (Fsp3) is 0.571. The van der Waals surface area contributed by atoms with E-state index < -0.39 is 0 Å². The number of allylic oxidation sites excluding steroid dienone is 4. The Hall–Kier alpha value is -1.18. The Morgan fingerprint density at radius 1 is 0.750 bits per heavy atom. The lowest BCUT2D eigenvalue weighted by atomic mass is 9.75. The van der Waals surface area contributed by atoms with Gasteiger partial charge < -0.3 is 0 Å². The molecule has 0 N–H and O–H groups in total. The molecule has 1 aliphatic carbocycles. The minimum atomic E-state index is -0.271. The highest BCUT2D eigenvalue weighted by Crippen LogP contribution is 2.34. The first-order chi connectivity index (χ1) is 7.03. The minimum Gasteiger partial charge on any atom is -0.290 e. The lowest BCUT2D eigenvalue weighted by Gasteiger charge is -2.28. The van der Waals surface area contributed by atoms with Gasteiger partial charge in [0.1, 0.15) is 0 Å². The molecule has 0 unspecified atom stereocenters. The number of carbonyl (C=O) groups is 2. The van der Waals surface area contributed by atoms with Gasteiger partial charge in [0.05, 0.1) is 0 Å². The summed E-state index contributed by atoms with van der Waals surface area (Å²) in [4.78, 5) is 23.9. The second kappa shape index (κ2) is 3.69. The Morgan fingerprint density at radius 2 is 1.00 bits per heavy atom. The first-order valence-corrected chi connectivity index (χ1v) is 5.56. The summed E-state index contributed by atoms with van der Waals surface area (Å²) in [5.41, 5.74) is 0.662. The first-order valence-electron chi connectivity index (χ1n) is 5.56. The maximum atomic E-state index is 11.9. The molecule has 0 aromatic heterocycles. The molecular weight excluding hydrogens is 200 g/mol. The van der Waals surface area contributed by atoms with Gasteiger partial charge in [0.15, 0.2) is 11.6 Å². The van der Waals surface area contributed by atoms with Crippen LogP contribution in [0.5, 0.6) is 0 Å². The molecule has 0 heterocycles. The van der Waals surface area contributed by atoms with E-state index in [1.165, 1.54) is 12.2 Å². The van der Waals surface area contributed by atoms with Gasteiger partial charge in [0, 0.05) is 11.1 Å². The fourth-order valence-corrected chi connectivity index (χ4v) is 1.73. The van der Waals surface area contributed by atoms with Crippen molar-refractivity contribution in [1.82, 2.24) is 0 Å². The smallest absolute Gasteiger partial charge is 0.290 e. The van der Waals surface area contributed by atoms with E-state index in [0.29, 0.717) is 11.1 Å². The van der Waals surface area contributed by atoms with E-state index in [4.69, 9.17) is 0 Å². The fourth-order valence-electron chi connectivity index (χ4n) is 1.73. The monoisotopic (exact) mass is 221 g/mol. The molecule has 0 amide bonds. The van der Waals surface area contributed by atoms with Gasteiger partial charge >= 0.3 is 1.43 Å². The molecule has 0 saturated carbocycles. The normalized spacial score (nSPS) is 18.4. The SMILES string of the molecule is CC(C)(C)C1=CC(=O)C(C(C)(C)C)=CC1=O.[H+]. The Morgan fingerprint density at radius 3 is 1.19 bits per heavy atom. The van der Waals surface area contributed by atoms with Crippen molar-refractivity contribution in [2.75, 3.05) is 0 Å². The van der Waals surface area contributed by atoms with Gasteiger partial charge in [0.25, 0.3) is 0 Å². The molecule has 0 saturated heterocycles. The van der Waals surface area contributed by atoms with Crippen LogP contribution in [0.4, 0.5) is 0 Å². The van der Waals surface area contributed by atoms with Crippen LogP contribution in [0.25, 0.3) is 0 Å². The molecule has 0 aromatic rings. The van der Waals surface area contributed by atoms with Gasteiger partial charge in [-0.1, -0.05) is 41.5 Å². The highest BCUT2D eigenvalue weighted by atomic mass is 16.1. The van der Waals surface area contributed by atoms with Gasteiger partial charge in [-0.2, -0.15) is 0 Å². The maximum absolute atomic E-state index is 11.9. The van der Waals surface area contributed by atoms with Gasteiger partial charge in [0.2, 0.25) is 0 Å². The summed E-state index contributed by atoms with van der Waals surface area (Å²) in [5.74, 6) is -0.0611. The molecule has 16 heavy (non-hydrogen) atoms. The summed E-state index contributed by atoms with van der Waals surface area (Å²) in [6, 6.07) is 0. The zero-order chi connectivity index (χ0) is 12.7. The highest BCUT2D eigenvalue weighted by molar-refractivity contribution is 6.20. The van der Waals surface area contributed by atoms with Crippen LogP contribution in [0.1, 0.15) is 43.0 Å². The molecule has 0 bridgehead atoms. The Bertz CT molecular complexity index is 361. The van der Waals surface area contributed by atoms with Crippen molar-refractivity contribution in [1.29, 1.82) is 0 Å². The van der Waals surface area contributed by atoms with Crippen LogP contribution < -0.4 is 0 Å². The summed E-state index contributed by atoms with van der Waals surface area (Å²) >= 11 is 0. The second-order valence-corrected chi connectivity index (χ2v) is 6.34. The lowest BCUT2D eigenvalue weighted by molar-refractivity contribution is -0.116. The zero-order valence-corrected chi connectivity index (χ0v) is 11.0. The van der Waals surface area contributed by atoms with Crippen molar-refractivity contribution in [3.63, 3.8) is 0 Å². The molecular formula is C14H21O2+. The van der Waals surface area contributed by atoms with Crippen LogP contribution >= 0.6 is 0 Å². The van der Waals surface area contributed by atoms with Crippen LogP contribution in [0.2, 0.25) is 0 Å². The molecule has 2 heteroatoms. The van der Waals surface area contributed by atoms with E-state index in [2.05, 4.69) is 0 Å². The zero-order valence-electron chi connectivity index (χ0n) is 12.0. The van der Waals surface area contributed by atoms with E-state index in [0.717, 1.165) is 0 Å². The molecule has 0 atom stereocenters. The molecule has 1 aliphatic rings. The molecule has 0 spiro atoms. The van der Waals surface area contributed by atoms with E-state index in [1.807, 2.05) is 41.5 Å². The van der Waals surface area contributed by atoms with E-state index >= 15 is 0 Å². The molecule has 0 aromatic carbocycles. The first kappa shape index (κ1) is 12.9. The van der Waals surface area contributed by atoms with E-state index in [-0.39, 0.29) is 23.8 Å². The van der Waals surface area contributed by atoms with Gasteiger partial charge in [-0.15, -0.1) is 0 Å². The summed E-state index contributed by atoms with van der Waals surface area (Å²) in [5, 5.41) is 0. The largest absolute Gasteiger partial charge is 1.00 e. The maximum Gasteiger partial charge on any atom is 1.00 e. The summed E-state index contributed by atoms with van der Waals surface area (Å²) in [6.07, 6.45) is 3.01. The third-order valence-corrected chi connectivity index (χ3v) is 2.70. The van der Waals surface area contributed by atoms with E-state index in [9.17, 15) is 9.59 Å². The van der Waals surface area contributed by atoms with Gasteiger partial charge in [-0.25, -0.2) is 0 Å². The highest BCUT2D eigenvalue weighted by Gasteiger charge is 2.32. The standard InChI is InChI=1S/C14H20O2/c1-13(2,3)9-7-12(16)10(8-11(9)15)14(4,5)6/h7-8H,1-6H3/p+1. The third kappa shape index (κ3) is 2.49. The van der Waals surface area contributed by atoms with Crippen LogP contribution in [0, 0.1) is 10.8 Å². The van der Waals surface area contributed by atoms with Crippen molar-refractivity contribution in [3.8, 4) is 0 Å². The second-order valence-electron chi connectivity index (χ2n) is 6.34. The van der Waals surface area contributed by atoms with Crippen molar-refractivity contribution in [3.05, 3.63) is 23.3 Å². The van der Waals surface area contributed by atoms with Gasteiger partial charge in [-0.05, 0) is 23.0 Å². The topological polar surface area (TPSA) is 34.1 Å². The number of hydrogen-bond acceptors (Lipinski definition) is 2. The van der Waals surface area contributed by atoms with Crippen molar-refractivity contribution in [2.45, 2.75) is 41.5 Å². The molecule has 0 fully saturated rings. The van der Waals surface area contributed by atoms with Crippen molar-refractivity contribution in [2.24, 2.45) is 10.8 Å². The molecule has 0 radical (unpaired) electrons. The quantitative estimate of drug-likeness (QED) is 0.589. The third-order valence-electron chi connectivity index (χ3n) is 2.70. The Labute approximate surface area is 98.9 Å². The van der Waals surface area contributed by atoms with Crippen LogP contribution in [-0.2, 0) is 9.59 Å². The average Bonchev–Trinajstić information content (AvgIpc) is 2.04. The van der Waals surface area contributed by atoms with Crippen LogP contribution in [-0.4, -0.2) is 11.6 Å². The van der Waals surface area contributed by atoms with Crippen molar-refractivity contribution < 1.29 is 11.0 Å². The van der Waals surface area contributed by atoms with Crippen molar-refractivity contribution >= 4 is 11.6 Å². The number of hydrogen-bond donors (Lipinski definition) is 0. The molecule has 88 valence electrons. The number of rotatable bonds is 0. The molecule has 0 aliphatic heterocycles. The Kier molecular flexibility index (Phi) is 2.97. The van der Waals surface area contributed by atoms with Crippen LogP contribution in [0.15, 0.2) is 23.3 Å². The average molecular weight is 221 g/mol. The Balaban J connectivity index is 0.00000256. The lowest BCUT2D eigenvalue weighted by Crippen LogP contribution is -2.27. The summed E-state index contributed by atoms with van der Waals surface area (Å²) in [7, 11) is 0. The van der Waals surface area contributed by atoms with E-state index in [1.54, 1.807) is 0 Å². The number of ketones is 2.